The Morgan fingerprint density at radius 1 is 0.339 bits per heavy atom. The Morgan fingerprint density at radius 2 is 0.661 bits per heavy atom. The van der Waals surface area contributed by atoms with Gasteiger partial charge in [0.05, 0.1) is 0 Å². The quantitative estimate of drug-likeness (QED) is 0.0200. The highest BCUT2D eigenvalue weighted by atomic mass is 16.6. The van der Waals surface area contributed by atoms with E-state index in [9.17, 15) is 14.4 Å². The Morgan fingerprint density at radius 3 is 1.13 bits per heavy atom. The minimum absolute atomic E-state index is 0.119. The molecule has 0 aromatic carbocycles. The van der Waals surface area contributed by atoms with Gasteiger partial charge in [-0.2, -0.15) is 0 Å². The molecule has 1 unspecified atom stereocenters. The minimum atomic E-state index is -0.823. The van der Waals surface area contributed by atoms with Crippen molar-refractivity contribution in [1.82, 2.24) is 0 Å². The second-order valence-corrected chi connectivity index (χ2v) is 15.8. The van der Waals surface area contributed by atoms with Crippen LogP contribution >= 0.6 is 0 Å². The van der Waals surface area contributed by atoms with E-state index >= 15 is 0 Å². The summed E-state index contributed by atoms with van der Waals surface area (Å²) in [7, 11) is 0. The molecule has 0 spiro atoms. The van der Waals surface area contributed by atoms with Crippen LogP contribution in [0.4, 0.5) is 0 Å². The normalized spacial score (nSPS) is 13.1. The molecule has 6 heteroatoms. The summed E-state index contributed by atoms with van der Waals surface area (Å²) in [6, 6.07) is 0. The summed E-state index contributed by atoms with van der Waals surface area (Å²) < 4.78 is 16.6. The van der Waals surface area contributed by atoms with Crippen LogP contribution in [0, 0.1) is 0 Å². The minimum Gasteiger partial charge on any atom is -0.462 e. The predicted octanol–water partition coefficient (Wildman–Crippen LogP) is 16.1. The zero-order chi connectivity index (χ0) is 45.1. The van der Waals surface area contributed by atoms with Crippen LogP contribution < -0.4 is 0 Å². The van der Waals surface area contributed by atoms with Gasteiger partial charge in [0, 0.05) is 19.3 Å². The van der Waals surface area contributed by atoms with Crippen molar-refractivity contribution in [2.75, 3.05) is 13.2 Å². The third kappa shape index (κ3) is 46.9. The molecule has 0 rings (SSSR count). The maximum absolute atomic E-state index is 12.8. The number of carbonyl (C=O) groups excluding carboxylic acids is 3. The zero-order valence-electron chi connectivity index (χ0n) is 39.6. The fourth-order valence-corrected chi connectivity index (χ4v) is 6.18. The first-order valence-corrected chi connectivity index (χ1v) is 24.7. The summed E-state index contributed by atoms with van der Waals surface area (Å²) in [5, 5.41) is 0. The molecule has 0 aliphatic rings. The first kappa shape index (κ1) is 57.8. The van der Waals surface area contributed by atoms with Gasteiger partial charge in [0.1, 0.15) is 13.2 Å². The van der Waals surface area contributed by atoms with E-state index in [0.29, 0.717) is 25.7 Å². The number of carbonyl (C=O) groups is 3. The molecule has 0 radical (unpaired) electrons. The molecule has 0 bridgehead atoms. The lowest BCUT2D eigenvalue weighted by Gasteiger charge is -2.18. The van der Waals surface area contributed by atoms with Crippen molar-refractivity contribution in [3.8, 4) is 0 Å². The van der Waals surface area contributed by atoms with Crippen molar-refractivity contribution in [2.24, 2.45) is 0 Å². The van der Waals surface area contributed by atoms with Gasteiger partial charge in [-0.25, -0.2) is 0 Å². The molecule has 0 saturated heterocycles. The molecular weight excluding hydrogens is 769 g/mol. The van der Waals surface area contributed by atoms with E-state index in [1.807, 2.05) is 60.8 Å². The summed E-state index contributed by atoms with van der Waals surface area (Å²) in [5.74, 6) is -1.03. The van der Waals surface area contributed by atoms with Crippen molar-refractivity contribution in [1.29, 1.82) is 0 Å². The monoisotopic (exact) mass is 857 g/mol. The van der Waals surface area contributed by atoms with Gasteiger partial charge >= 0.3 is 17.9 Å². The van der Waals surface area contributed by atoms with E-state index in [1.54, 1.807) is 0 Å². The first-order valence-electron chi connectivity index (χ1n) is 24.7. The highest BCUT2D eigenvalue weighted by molar-refractivity contribution is 5.71. The largest absolute Gasteiger partial charge is 0.462 e. The highest BCUT2D eigenvalue weighted by Crippen LogP contribution is 2.12. The van der Waals surface area contributed by atoms with E-state index in [-0.39, 0.29) is 37.5 Å². The summed E-state index contributed by atoms with van der Waals surface area (Å²) in [6.45, 7) is 6.33. The fraction of sp³-hybridized carbons (Fsp3) is 0.589. The Bertz CT molecular complexity index is 1350. The molecule has 6 nitrogen and oxygen atoms in total. The number of esters is 3. The molecule has 0 saturated carbocycles. The van der Waals surface area contributed by atoms with Gasteiger partial charge in [-0.1, -0.05) is 213 Å². The number of unbranched alkanes of at least 4 members (excludes halogenated alkanes) is 18. The van der Waals surface area contributed by atoms with Crippen LogP contribution in [-0.2, 0) is 28.6 Å². The lowest BCUT2D eigenvalue weighted by molar-refractivity contribution is -0.167. The maximum atomic E-state index is 12.8. The third-order valence-electron chi connectivity index (χ3n) is 9.89. The fourth-order valence-electron chi connectivity index (χ4n) is 6.18. The first-order chi connectivity index (χ1) is 30.5. The molecule has 0 aromatic rings. The molecule has 0 amide bonds. The Kier molecular flexibility index (Phi) is 46.1. The molecule has 0 N–H and O–H groups in total. The van der Waals surface area contributed by atoms with Crippen LogP contribution in [0.1, 0.15) is 194 Å². The Labute approximate surface area is 380 Å². The topological polar surface area (TPSA) is 78.9 Å². The molecule has 348 valence electrons. The second-order valence-electron chi connectivity index (χ2n) is 15.8. The van der Waals surface area contributed by atoms with Crippen LogP contribution in [0.2, 0.25) is 0 Å². The van der Waals surface area contributed by atoms with E-state index in [0.717, 1.165) is 83.5 Å². The lowest BCUT2D eigenvalue weighted by atomic mass is 10.1. The Hall–Kier alpha value is -4.19. The van der Waals surface area contributed by atoms with Crippen LogP contribution in [0.3, 0.4) is 0 Å². The second kappa shape index (κ2) is 49.5. The summed E-state index contributed by atoms with van der Waals surface area (Å²) in [4.78, 5) is 37.8. The van der Waals surface area contributed by atoms with Gasteiger partial charge in [-0.15, -0.1) is 0 Å². The van der Waals surface area contributed by atoms with Crippen molar-refractivity contribution >= 4 is 17.9 Å². The number of hydrogen-bond acceptors (Lipinski definition) is 6. The van der Waals surface area contributed by atoms with E-state index in [4.69, 9.17) is 14.2 Å². The van der Waals surface area contributed by atoms with E-state index in [2.05, 4.69) is 81.5 Å². The van der Waals surface area contributed by atoms with Gasteiger partial charge < -0.3 is 14.2 Å². The van der Waals surface area contributed by atoms with Crippen LogP contribution in [0.15, 0.2) is 122 Å². The number of rotatable bonds is 42. The summed E-state index contributed by atoms with van der Waals surface area (Å²) in [5.41, 5.74) is 0. The van der Waals surface area contributed by atoms with Gasteiger partial charge in [-0.05, 0) is 83.5 Å². The zero-order valence-corrected chi connectivity index (χ0v) is 39.6. The molecule has 0 aliphatic heterocycles. The standard InChI is InChI=1S/C56H88O6/c1-4-7-10-13-16-19-21-23-25-27-29-30-32-34-37-40-43-46-49-55(58)61-52-53(51-60-54(57)48-45-42-39-36-18-15-12-9-6-3)62-56(59)50-47-44-41-38-35-33-31-28-26-24-22-20-17-14-11-8-5-2/h8,11,14,17,20-31,33,35-36,39,53H,4-7,9-10,12-13,15-16,18-19,32,34,37-38,40-52H2,1-3H3/b11-8-,17-14-,22-20-,23-21-,26-24-,27-25-,30-29-,31-28+,35-33-,39-36-. The summed E-state index contributed by atoms with van der Waals surface area (Å²) >= 11 is 0. The van der Waals surface area contributed by atoms with Crippen LogP contribution in [0.5, 0.6) is 0 Å². The third-order valence-corrected chi connectivity index (χ3v) is 9.89. The molecule has 1 atom stereocenters. The highest BCUT2D eigenvalue weighted by Gasteiger charge is 2.19. The molecule has 0 aliphatic carbocycles. The van der Waals surface area contributed by atoms with E-state index < -0.39 is 6.10 Å². The smallest absolute Gasteiger partial charge is 0.306 e. The molecule has 0 aromatic heterocycles. The molecule has 0 heterocycles. The van der Waals surface area contributed by atoms with Crippen LogP contribution in [0.25, 0.3) is 0 Å². The average Bonchev–Trinajstić information content (AvgIpc) is 3.27. The van der Waals surface area contributed by atoms with Crippen molar-refractivity contribution in [3.63, 3.8) is 0 Å². The SMILES string of the molecule is CC\C=C/C=C\C=C/C=C\C=C\C=C/CCCCCC(=O)OC(COC(=O)CCC/C=C\CCCCCC)COC(=O)CCCCCCC\C=C/C=C\C=C/CCCCCCC. The molecule has 0 fully saturated rings. The predicted molar refractivity (Wildman–Crippen MR) is 265 cm³/mol. The van der Waals surface area contributed by atoms with Crippen molar-refractivity contribution < 1.29 is 28.6 Å². The number of hydrogen-bond donors (Lipinski definition) is 0. The van der Waals surface area contributed by atoms with Gasteiger partial charge in [0.2, 0.25) is 0 Å². The van der Waals surface area contributed by atoms with Gasteiger partial charge in [0.25, 0.3) is 0 Å². The summed E-state index contributed by atoms with van der Waals surface area (Å²) in [6.07, 6.45) is 67.6. The average molecular weight is 857 g/mol. The van der Waals surface area contributed by atoms with Crippen molar-refractivity contribution in [2.45, 2.75) is 200 Å². The number of allylic oxidation sites excluding steroid dienone is 20. The van der Waals surface area contributed by atoms with Gasteiger partial charge in [-0.3, -0.25) is 14.4 Å². The van der Waals surface area contributed by atoms with Gasteiger partial charge in [0.15, 0.2) is 6.10 Å². The lowest BCUT2D eigenvalue weighted by Crippen LogP contribution is -2.30. The van der Waals surface area contributed by atoms with E-state index in [1.165, 1.54) is 57.8 Å². The number of ether oxygens (including phenoxy) is 3. The van der Waals surface area contributed by atoms with Crippen LogP contribution in [-0.4, -0.2) is 37.2 Å². The molecular formula is C56H88O6. The van der Waals surface area contributed by atoms with Crippen molar-refractivity contribution in [3.05, 3.63) is 122 Å². The Balaban J connectivity index is 4.52. The maximum Gasteiger partial charge on any atom is 0.306 e. The molecule has 62 heavy (non-hydrogen) atoms.